The first-order valence-electron chi connectivity index (χ1n) is 20.0. The summed E-state index contributed by atoms with van der Waals surface area (Å²) in [7, 11) is 1.59. The molecule has 0 aliphatic heterocycles. The lowest BCUT2D eigenvalue weighted by Crippen LogP contribution is -2.40. The number of benzene rings is 3. The van der Waals surface area contributed by atoms with E-state index in [1.54, 1.807) is 47.3 Å². The van der Waals surface area contributed by atoms with Crippen LogP contribution in [0, 0.1) is 5.82 Å². The van der Waals surface area contributed by atoms with E-state index in [2.05, 4.69) is 33.9 Å². The molecule has 0 saturated heterocycles. The van der Waals surface area contributed by atoms with Gasteiger partial charge in [0.1, 0.15) is 12.4 Å². The number of aromatic nitrogens is 4. The monoisotopic (exact) mass is 914 g/mol. The molecule has 2 aromatic heterocycles. The van der Waals surface area contributed by atoms with Crippen molar-refractivity contribution >= 4 is 29.6 Å². The second kappa shape index (κ2) is 24.2. The normalized spacial score (nSPS) is 12.8. The number of thioether (sulfide) groups is 1. The number of H-pyrrole nitrogens is 1. The zero-order valence-electron chi connectivity index (χ0n) is 35.2. The zero-order chi connectivity index (χ0) is 47.0. The van der Waals surface area contributed by atoms with Crippen LogP contribution in [0.25, 0.3) is 11.1 Å². The van der Waals surface area contributed by atoms with Crippen molar-refractivity contribution in [1.29, 1.82) is 0 Å². The van der Waals surface area contributed by atoms with Gasteiger partial charge < -0.3 is 39.5 Å². The number of halogens is 4. The number of aromatic amines is 1. The van der Waals surface area contributed by atoms with E-state index in [4.69, 9.17) is 25.2 Å². The maximum absolute atomic E-state index is 14.3. The van der Waals surface area contributed by atoms with Crippen LogP contribution in [-0.4, -0.2) is 120 Å². The molecule has 0 bridgehead atoms. The fourth-order valence-electron chi connectivity index (χ4n) is 6.36. The van der Waals surface area contributed by atoms with Gasteiger partial charge in [-0.2, -0.15) is 23.3 Å². The van der Waals surface area contributed by atoms with E-state index in [9.17, 15) is 36.7 Å². The van der Waals surface area contributed by atoms with Crippen molar-refractivity contribution in [2.45, 2.75) is 68.6 Å². The molecule has 0 radical (unpaired) electrons. The van der Waals surface area contributed by atoms with Gasteiger partial charge in [0, 0.05) is 63.0 Å². The third-order valence-electron chi connectivity index (χ3n) is 10.1. The van der Waals surface area contributed by atoms with Crippen molar-refractivity contribution in [3.8, 4) is 11.1 Å². The number of carbonyl (C=O) groups is 3. The van der Waals surface area contributed by atoms with Crippen LogP contribution in [0.1, 0.15) is 54.0 Å². The van der Waals surface area contributed by atoms with E-state index < -0.39 is 41.4 Å². The van der Waals surface area contributed by atoms with Crippen molar-refractivity contribution in [2.24, 2.45) is 0 Å². The lowest BCUT2D eigenvalue weighted by atomic mass is 9.92. The van der Waals surface area contributed by atoms with Gasteiger partial charge in [-0.25, -0.2) is 14.0 Å². The number of likely N-dealkylation sites (N-methyl/N-ethyl adjacent to an activating group) is 1. The number of carboxylic acids is 2. The molecule has 0 fully saturated rings. The van der Waals surface area contributed by atoms with Crippen molar-refractivity contribution < 1.29 is 57.1 Å². The Balaban J connectivity index is 0.000000800. The van der Waals surface area contributed by atoms with Crippen molar-refractivity contribution in [3.05, 3.63) is 135 Å². The molecule has 344 valence electrons. The summed E-state index contributed by atoms with van der Waals surface area (Å²) in [6.45, 7) is 7.40. The minimum absolute atomic E-state index is 0.101. The van der Waals surface area contributed by atoms with Crippen LogP contribution in [0.4, 0.5) is 17.6 Å². The van der Waals surface area contributed by atoms with Gasteiger partial charge >= 0.3 is 18.1 Å². The SMILES string of the molecule is CCN(CC)CCN(Cc1ccc(-c2ccc(C(F)(F)F)cc2)cc1)C(=O)Cn1cc(C(CCOC)c2cn[nH]c2)c(=O)nc1SCc1ccc(F)cc1.O=C(O)C(O)C(O)C(=O)O. The maximum atomic E-state index is 14.3. The number of aliphatic hydroxyl groups excluding tert-OH is 2. The van der Waals surface area contributed by atoms with E-state index >= 15 is 0 Å². The highest BCUT2D eigenvalue weighted by molar-refractivity contribution is 7.98. The molecular weight excluding hydrogens is 865 g/mol. The second-order valence-corrected chi connectivity index (χ2v) is 15.3. The smallest absolute Gasteiger partial charge is 0.416 e. The number of hydrogen-bond acceptors (Lipinski definition) is 11. The number of ether oxygens (including phenoxy) is 1. The van der Waals surface area contributed by atoms with Crippen LogP contribution in [0.3, 0.4) is 0 Å². The fraction of sp³-hybridized carbons (Fsp3) is 0.364. The Hall–Kier alpha value is -5.93. The molecule has 2 heterocycles. The quantitative estimate of drug-likeness (QED) is 0.0350. The average Bonchev–Trinajstić information content (AvgIpc) is 3.82. The molecule has 20 heteroatoms. The number of amides is 1. The molecular formula is C44H50F4N6O9S. The van der Waals surface area contributed by atoms with E-state index in [-0.39, 0.29) is 30.7 Å². The lowest BCUT2D eigenvalue weighted by Gasteiger charge is -2.28. The van der Waals surface area contributed by atoms with Gasteiger partial charge in [0.2, 0.25) is 5.91 Å². The zero-order valence-corrected chi connectivity index (χ0v) is 36.1. The van der Waals surface area contributed by atoms with Crippen LogP contribution in [0.15, 0.2) is 101 Å². The fourth-order valence-corrected chi connectivity index (χ4v) is 7.28. The summed E-state index contributed by atoms with van der Waals surface area (Å²) >= 11 is 1.29. The number of carbonyl (C=O) groups excluding carboxylic acids is 1. The predicted molar refractivity (Wildman–Crippen MR) is 229 cm³/mol. The van der Waals surface area contributed by atoms with E-state index in [0.29, 0.717) is 48.2 Å². The number of nitrogens with one attached hydrogen (secondary N) is 1. The molecule has 64 heavy (non-hydrogen) atoms. The minimum Gasteiger partial charge on any atom is -0.479 e. The van der Waals surface area contributed by atoms with Crippen molar-refractivity contribution in [1.82, 2.24) is 29.5 Å². The topological polar surface area (TPSA) is 211 Å². The van der Waals surface area contributed by atoms with Gasteiger partial charge in [0.05, 0.1) is 11.8 Å². The van der Waals surface area contributed by atoms with Crippen LogP contribution in [0.5, 0.6) is 0 Å². The Labute approximate surface area is 370 Å². The van der Waals surface area contributed by atoms with Crippen molar-refractivity contribution in [3.63, 3.8) is 0 Å². The lowest BCUT2D eigenvalue weighted by molar-refractivity contribution is -0.165. The molecule has 5 N–H and O–H groups in total. The average molecular weight is 915 g/mol. The Morgan fingerprint density at radius 2 is 1.45 bits per heavy atom. The highest BCUT2D eigenvalue weighted by Gasteiger charge is 2.31. The van der Waals surface area contributed by atoms with Gasteiger partial charge in [-0.1, -0.05) is 74.1 Å². The van der Waals surface area contributed by atoms with Crippen LogP contribution in [-0.2, 0) is 44.1 Å². The van der Waals surface area contributed by atoms with Crippen molar-refractivity contribution in [2.75, 3.05) is 39.9 Å². The van der Waals surface area contributed by atoms with Gasteiger partial charge in [0.25, 0.3) is 5.56 Å². The Morgan fingerprint density at radius 3 is 1.97 bits per heavy atom. The highest BCUT2D eigenvalue weighted by Crippen LogP contribution is 2.31. The summed E-state index contributed by atoms with van der Waals surface area (Å²) in [6.07, 6.45) is -3.37. The van der Waals surface area contributed by atoms with Crippen LogP contribution < -0.4 is 5.56 Å². The van der Waals surface area contributed by atoms with Gasteiger partial charge in [-0.15, -0.1) is 0 Å². The van der Waals surface area contributed by atoms with Gasteiger partial charge in [-0.3, -0.25) is 14.7 Å². The number of aliphatic hydroxyl groups is 2. The standard InChI is InChI=1S/C40H44F4N6O3S.C4H6O6/c1-4-48(5-2)19-20-49(24-28-6-10-30(11-7-28)31-12-14-33(15-13-31)40(42,43)44)37(51)26-50-25-36(35(18-21-53-3)32-22-45-46-23-32)38(52)47-39(50)54-27-29-8-16-34(41)17-9-29;5-1(3(7)8)2(6)4(9)10/h6-17,22-23,25,35H,4-5,18-21,24,26-27H2,1-3H3,(H,45,46);1-2,5-6H,(H,7,8)(H,9,10). The summed E-state index contributed by atoms with van der Waals surface area (Å²) in [5.74, 6) is -4.07. The van der Waals surface area contributed by atoms with E-state index in [0.717, 1.165) is 47.5 Å². The Kier molecular flexibility index (Phi) is 19.2. The highest BCUT2D eigenvalue weighted by atomic mass is 32.2. The minimum atomic E-state index is -4.41. The molecule has 0 aliphatic rings. The number of alkyl halides is 3. The number of methoxy groups -OCH3 is 1. The third kappa shape index (κ3) is 14.8. The first kappa shape index (κ1) is 50.7. The van der Waals surface area contributed by atoms with Crippen LogP contribution in [0.2, 0.25) is 0 Å². The van der Waals surface area contributed by atoms with E-state index in [1.807, 2.05) is 24.3 Å². The third-order valence-corrected chi connectivity index (χ3v) is 11.2. The largest absolute Gasteiger partial charge is 0.479 e. The molecule has 5 rings (SSSR count). The molecule has 3 unspecified atom stereocenters. The predicted octanol–water partition coefficient (Wildman–Crippen LogP) is 5.50. The Bertz CT molecular complexity index is 2290. The molecule has 1 amide bonds. The number of carboxylic acid groups (broad SMARTS) is 2. The summed E-state index contributed by atoms with van der Waals surface area (Å²) in [5, 5.41) is 39.8. The number of nitrogens with zero attached hydrogens (tertiary/aromatic N) is 5. The molecule has 3 atom stereocenters. The van der Waals surface area contributed by atoms with Gasteiger partial charge in [0.15, 0.2) is 17.4 Å². The summed E-state index contributed by atoms with van der Waals surface area (Å²) < 4.78 is 60.0. The first-order chi connectivity index (χ1) is 30.4. The summed E-state index contributed by atoms with van der Waals surface area (Å²) in [6, 6.07) is 18.5. The molecule has 0 saturated carbocycles. The van der Waals surface area contributed by atoms with Gasteiger partial charge in [-0.05, 0) is 71.6 Å². The molecule has 0 spiro atoms. The number of hydrogen-bond donors (Lipinski definition) is 5. The number of rotatable bonds is 21. The molecule has 15 nitrogen and oxygen atoms in total. The molecule has 0 aliphatic carbocycles. The Morgan fingerprint density at radius 1 is 0.875 bits per heavy atom. The molecule has 5 aromatic rings. The molecule has 3 aromatic carbocycles. The van der Waals surface area contributed by atoms with Crippen LogP contribution >= 0.6 is 11.8 Å². The first-order valence-corrected chi connectivity index (χ1v) is 21.0. The second-order valence-electron chi connectivity index (χ2n) is 14.4. The maximum Gasteiger partial charge on any atom is 0.416 e. The summed E-state index contributed by atoms with van der Waals surface area (Å²) in [4.78, 5) is 56.0. The number of aliphatic carboxylic acids is 2. The van der Waals surface area contributed by atoms with E-state index in [1.165, 1.54) is 36.0 Å². The summed E-state index contributed by atoms with van der Waals surface area (Å²) in [5.41, 5.74) is 3.14.